The summed E-state index contributed by atoms with van der Waals surface area (Å²) in [5.41, 5.74) is 0.718. The first kappa shape index (κ1) is 23.6. The number of hydrogen-bond acceptors (Lipinski definition) is 4. The summed E-state index contributed by atoms with van der Waals surface area (Å²) in [5, 5.41) is 5.35. The largest absolute Gasteiger partial charge is 0.457 e. The van der Waals surface area contributed by atoms with Gasteiger partial charge in [0.15, 0.2) is 0 Å². The van der Waals surface area contributed by atoms with Crippen LogP contribution in [0.2, 0.25) is 10.0 Å². The predicted octanol–water partition coefficient (Wildman–Crippen LogP) is 6.64. The van der Waals surface area contributed by atoms with E-state index in [4.69, 9.17) is 39.1 Å². The highest BCUT2D eigenvalue weighted by Gasteiger charge is 2.34. The molecule has 5 nitrogen and oxygen atoms in total. The number of hydrogen-bond donors (Lipinski definition) is 0. The molecule has 7 heteroatoms. The zero-order valence-electron chi connectivity index (χ0n) is 18.1. The van der Waals surface area contributed by atoms with E-state index in [2.05, 4.69) is 16.0 Å². The summed E-state index contributed by atoms with van der Waals surface area (Å²) in [7, 11) is 0. The Labute approximate surface area is 208 Å². The summed E-state index contributed by atoms with van der Waals surface area (Å²) in [6, 6.07) is 22.5. The Morgan fingerprint density at radius 2 is 1.76 bits per heavy atom. The van der Waals surface area contributed by atoms with Crippen molar-refractivity contribution in [2.45, 2.75) is 12.1 Å². The standard InChI is InChI=1S/C27H21Cl2N3O2/c1-2-16-33-27(18-32-20-30-19-31-32,15-14-21-6-4-3-5-7-21)25-13-12-24(17-26(25)29)34-23-10-8-22(28)9-11-23/h1,3-15,17,19-20H,16,18H2/b15-14+. The number of halogens is 2. The van der Waals surface area contributed by atoms with Crippen LogP contribution in [0.25, 0.3) is 6.08 Å². The van der Waals surface area contributed by atoms with Gasteiger partial charge in [0.25, 0.3) is 0 Å². The van der Waals surface area contributed by atoms with Crippen LogP contribution in [0.3, 0.4) is 0 Å². The molecular formula is C27H21Cl2N3O2. The SMILES string of the molecule is C#CCOC(/C=C/c1ccccc1)(Cn1cncn1)c1ccc(Oc2ccc(Cl)cc2)cc1Cl. The van der Waals surface area contributed by atoms with Gasteiger partial charge in [-0.25, -0.2) is 9.67 Å². The van der Waals surface area contributed by atoms with Crippen molar-refractivity contribution in [3.05, 3.63) is 113 Å². The molecule has 0 aliphatic carbocycles. The van der Waals surface area contributed by atoms with Crippen LogP contribution in [0, 0.1) is 12.3 Å². The maximum Gasteiger partial charge on any atom is 0.137 e. The fourth-order valence-corrected chi connectivity index (χ4v) is 3.92. The lowest BCUT2D eigenvalue weighted by Crippen LogP contribution is -2.34. The third-order valence-corrected chi connectivity index (χ3v) is 5.63. The summed E-state index contributed by atoms with van der Waals surface area (Å²) in [6.45, 7) is 0.391. The van der Waals surface area contributed by atoms with E-state index in [1.165, 1.54) is 6.33 Å². The lowest BCUT2D eigenvalue weighted by molar-refractivity contribution is -0.00796. The number of rotatable bonds is 9. The molecule has 0 saturated heterocycles. The second-order valence-corrected chi connectivity index (χ2v) is 8.26. The Bertz CT molecular complexity index is 1280. The molecule has 1 aromatic heterocycles. The first-order chi connectivity index (χ1) is 16.6. The first-order valence-corrected chi connectivity index (χ1v) is 11.2. The van der Waals surface area contributed by atoms with Crippen molar-refractivity contribution in [2.75, 3.05) is 6.61 Å². The lowest BCUT2D eigenvalue weighted by Gasteiger charge is -2.32. The Morgan fingerprint density at radius 3 is 2.44 bits per heavy atom. The second kappa shape index (κ2) is 11.0. The number of nitrogens with zero attached hydrogens (tertiary/aromatic N) is 3. The smallest absolute Gasteiger partial charge is 0.137 e. The van der Waals surface area contributed by atoms with Crippen molar-refractivity contribution in [3.8, 4) is 23.8 Å². The van der Waals surface area contributed by atoms with Crippen LogP contribution < -0.4 is 4.74 Å². The van der Waals surface area contributed by atoms with E-state index in [0.717, 1.165) is 11.1 Å². The molecule has 34 heavy (non-hydrogen) atoms. The van der Waals surface area contributed by atoms with E-state index in [-0.39, 0.29) is 6.61 Å². The Balaban J connectivity index is 1.73. The zero-order valence-corrected chi connectivity index (χ0v) is 19.7. The average molecular weight is 490 g/mol. The fourth-order valence-electron chi connectivity index (χ4n) is 3.46. The second-order valence-electron chi connectivity index (χ2n) is 7.42. The first-order valence-electron chi connectivity index (χ1n) is 10.5. The predicted molar refractivity (Wildman–Crippen MR) is 135 cm³/mol. The zero-order chi connectivity index (χ0) is 23.8. The summed E-state index contributed by atoms with van der Waals surface area (Å²) in [4.78, 5) is 4.06. The Morgan fingerprint density at radius 1 is 1.00 bits per heavy atom. The van der Waals surface area contributed by atoms with E-state index in [1.54, 1.807) is 41.3 Å². The van der Waals surface area contributed by atoms with Gasteiger partial charge in [-0.3, -0.25) is 0 Å². The number of aromatic nitrogens is 3. The number of ether oxygens (including phenoxy) is 2. The molecule has 0 N–H and O–H groups in total. The minimum absolute atomic E-state index is 0.0766. The summed E-state index contributed by atoms with van der Waals surface area (Å²) >= 11 is 12.8. The molecule has 0 aliphatic rings. The van der Waals surface area contributed by atoms with Gasteiger partial charge in [0.1, 0.15) is 36.4 Å². The van der Waals surface area contributed by atoms with E-state index >= 15 is 0 Å². The quantitative estimate of drug-likeness (QED) is 0.247. The monoisotopic (exact) mass is 489 g/mol. The van der Waals surface area contributed by atoms with Crippen molar-refractivity contribution in [1.29, 1.82) is 0 Å². The molecule has 1 unspecified atom stereocenters. The van der Waals surface area contributed by atoms with Crippen molar-refractivity contribution in [1.82, 2.24) is 14.8 Å². The molecule has 0 fully saturated rings. The molecule has 4 aromatic rings. The van der Waals surface area contributed by atoms with Crippen LogP contribution in [-0.2, 0) is 16.9 Å². The minimum Gasteiger partial charge on any atom is -0.457 e. The van der Waals surface area contributed by atoms with Gasteiger partial charge in [-0.15, -0.1) is 6.42 Å². The summed E-state index contributed by atoms with van der Waals surface area (Å²) in [6.07, 6.45) is 12.6. The van der Waals surface area contributed by atoms with Crippen LogP contribution in [0.1, 0.15) is 11.1 Å². The van der Waals surface area contributed by atoms with Crippen LogP contribution >= 0.6 is 23.2 Å². The topological polar surface area (TPSA) is 49.2 Å². The molecule has 4 rings (SSSR count). The van der Waals surface area contributed by atoms with Gasteiger partial charge in [-0.1, -0.05) is 71.6 Å². The van der Waals surface area contributed by atoms with Gasteiger partial charge in [0, 0.05) is 10.6 Å². The van der Waals surface area contributed by atoms with Gasteiger partial charge in [0.05, 0.1) is 11.6 Å². The fraction of sp³-hybridized carbons (Fsp3) is 0.111. The van der Waals surface area contributed by atoms with Crippen molar-refractivity contribution in [2.24, 2.45) is 0 Å². The normalized spacial score (nSPS) is 12.9. The third-order valence-electron chi connectivity index (χ3n) is 5.07. The molecule has 0 radical (unpaired) electrons. The van der Waals surface area contributed by atoms with Crippen LogP contribution in [0.15, 0.2) is 91.5 Å². The molecule has 3 aromatic carbocycles. The van der Waals surface area contributed by atoms with Crippen molar-refractivity contribution < 1.29 is 9.47 Å². The highest BCUT2D eigenvalue weighted by Crippen LogP contribution is 2.38. The molecular weight excluding hydrogens is 469 g/mol. The number of terminal acetylenes is 1. The van der Waals surface area contributed by atoms with Gasteiger partial charge < -0.3 is 9.47 Å². The highest BCUT2D eigenvalue weighted by atomic mass is 35.5. The third kappa shape index (κ3) is 5.86. The van der Waals surface area contributed by atoms with E-state index < -0.39 is 5.60 Å². The van der Waals surface area contributed by atoms with E-state index in [1.807, 2.05) is 54.6 Å². The number of benzene rings is 3. The van der Waals surface area contributed by atoms with E-state index in [0.29, 0.717) is 28.1 Å². The highest BCUT2D eigenvalue weighted by molar-refractivity contribution is 6.31. The summed E-state index contributed by atoms with van der Waals surface area (Å²) in [5.74, 6) is 3.78. The molecule has 0 spiro atoms. The van der Waals surface area contributed by atoms with Crippen LogP contribution in [0.4, 0.5) is 0 Å². The van der Waals surface area contributed by atoms with Gasteiger partial charge in [-0.05, 0) is 48.0 Å². The van der Waals surface area contributed by atoms with Crippen molar-refractivity contribution >= 4 is 29.3 Å². The molecule has 170 valence electrons. The minimum atomic E-state index is -1.01. The van der Waals surface area contributed by atoms with Gasteiger partial charge in [0.2, 0.25) is 0 Å². The maximum atomic E-state index is 6.79. The Hall–Kier alpha value is -3.56. The van der Waals surface area contributed by atoms with Crippen LogP contribution in [0.5, 0.6) is 11.5 Å². The van der Waals surface area contributed by atoms with Crippen LogP contribution in [-0.4, -0.2) is 21.4 Å². The molecule has 1 heterocycles. The Kier molecular flexibility index (Phi) is 7.66. The maximum absolute atomic E-state index is 6.79. The molecule has 1 atom stereocenters. The van der Waals surface area contributed by atoms with Gasteiger partial charge in [-0.2, -0.15) is 5.10 Å². The molecule has 0 aliphatic heterocycles. The average Bonchev–Trinajstić information content (AvgIpc) is 3.36. The summed E-state index contributed by atoms with van der Waals surface area (Å²) < 4.78 is 13.9. The van der Waals surface area contributed by atoms with E-state index in [9.17, 15) is 0 Å². The van der Waals surface area contributed by atoms with Gasteiger partial charge >= 0.3 is 0 Å². The van der Waals surface area contributed by atoms with Crippen molar-refractivity contribution in [3.63, 3.8) is 0 Å². The molecule has 0 saturated carbocycles. The molecule has 0 amide bonds. The lowest BCUT2D eigenvalue weighted by atomic mass is 9.91. The molecule has 0 bridgehead atoms.